The van der Waals surface area contributed by atoms with E-state index in [1.54, 1.807) is 18.2 Å². The first-order chi connectivity index (χ1) is 10.5. The third-order valence-electron chi connectivity index (χ3n) is 3.07. The van der Waals surface area contributed by atoms with E-state index >= 15 is 0 Å². The highest BCUT2D eigenvalue weighted by atomic mass is 79.9. The number of rotatable bonds is 4. The van der Waals surface area contributed by atoms with Crippen molar-refractivity contribution in [2.45, 2.75) is 38.9 Å². The van der Waals surface area contributed by atoms with Gasteiger partial charge in [-0.25, -0.2) is 0 Å². The predicted octanol–water partition coefficient (Wildman–Crippen LogP) is 2.18. The first-order valence-electron chi connectivity index (χ1n) is 7.15. The smallest absolute Gasteiger partial charge is 0.273 e. The number of benzene rings is 1. The van der Waals surface area contributed by atoms with Crippen LogP contribution in [0.3, 0.4) is 0 Å². The standard InChI is InChI=1S/C15H19BrN2O4/c1-9(2)22-13-8-10(16)5-6-11(13)14(19)17-18-15(20)12-4-3-7-21-12/h5-6,8-9,12H,3-4,7H2,1-2H3,(H,17,19)(H,18,20). The van der Waals surface area contributed by atoms with Gasteiger partial charge in [0, 0.05) is 11.1 Å². The van der Waals surface area contributed by atoms with Crippen LogP contribution in [-0.2, 0) is 9.53 Å². The number of hydrogen-bond acceptors (Lipinski definition) is 4. The maximum atomic E-state index is 12.2. The second-order valence-corrected chi connectivity index (χ2v) is 6.17. The monoisotopic (exact) mass is 370 g/mol. The van der Waals surface area contributed by atoms with Crippen molar-refractivity contribution in [3.05, 3.63) is 28.2 Å². The number of carbonyl (C=O) groups is 2. The van der Waals surface area contributed by atoms with Crippen LogP contribution >= 0.6 is 15.9 Å². The summed E-state index contributed by atoms with van der Waals surface area (Å²) in [5.41, 5.74) is 5.13. The molecule has 7 heteroatoms. The highest BCUT2D eigenvalue weighted by molar-refractivity contribution is 9.10. The number of ether oxygens (including phenoxy) is 2. The van der Waals surface area contributed by atoms with Crippen LogP contribution in [0.1, 0.15) is 37.0 Å². The molecule has 2 rings (SSSR count). The molecule has 22 heavy (non-hydrogen) atoms. The fraction of sp³-hybridized carbons (Fsp3) is 0.467. The normalized spacial score (nSPS) is 17.4. The van der Waals surface area contributed by atoms with Gasteiger partial charge in [0.15, 0.2) is 0 Å². The van der Waals surface area contributed by atoms with Gasteiger partial charge >= 0.3 is 0 Å². The zero-order valence-corrected chi connectivity index (χ0v) is 14.1. The molecule has 1 heterocycles. The van der Waals surface area contributed by atoms with Gasteiger partial charge in [0.05, 0.1) is 11.7 Å². The third kappa shape index (κ3) is 4.45. The Morgan fingerprint density at radius 1 is 1.36 bits per heavy atom. The fourth-order valence-electron chi connectivity index (χ4n) is 2.09. The molecule has 0 radical (unpaired) electrons. The number of carbonyl (C=O) groups excluding carboxylic acids is 2. The maximum absolute atomic E-state index is 12.2. The minimum absolute atomic E-state index is 0.0673. The molecule has 0 spiro atoms. The molecule has 1 atom stereocenters. The Hall–Kier alpha value is -1.60. The molecule has 120 valence electrons. The molecule has 0 bridgehead atoms. The SMILES string of the molecule is CC(C)Oc1cc(Br)ccc1C(=O)NNC(=O)C1CCCO1. The minimum atomic E-state index is -0.489. The van der Waals surface area contributed by atoms with E-state index in [4.69, 9.17) is 9.47 Å². The van der Waals surface area contributed by atoms with Crippen molar-refractivity contribution in [1.29, 1.82) is 0 Å². The van der Waals surface area contributed by atoms with Crippen molar-refractivity contribution in [2.24, 2.45) is 0 Å². The molecule has 0 aromatic heterocycles. The van der Waals surface area contributed by atoms with Crippen LogP contribution in [0.25, 0.3) is 0 Å². The fourth-order valence-corrected chi connectivity index (χ4v) is 2.43. The van der Waals surface area contributed by atoms with E-state index in [-0.39, 0.29) is 12.0 Å². The van der Waals surface area contributed by atoms with Crippen LogP contribution in [0, 0.1) is 0 Å². The lowest BCUT2D eigenvalue weighted by Crippen LogP contribution is -2.46. The van der Waals surface area contributed by atoms with Crippen molar-refractivity contribution in [1.82, 2.24) is 10.9 Å². The third-order valence-corrected chi connectivity index (χ3v) is 3.57. The van der Waals surface area contributed by atoms with Crippen LogP contribution in [-0.4, -0.2) is 30.6 Å². The molecule has 1 aliphatic rings. The molecule has 1 aliphatic heterocycles. The largest absolute Gasteiger partial charge is 0.490 e. The van der Waals surface area contributed by atoms with Crippen molar-refractivity contribution in [2.75, 3.05) is 6.61 Å². The predicted molar refractivity (Wildman–Crippen MR) is 84.5 cm³/mol. The highest BCUT2D eigenvalue weighted by Crippen LogP contribution is 2.24. The van der Waals surface area contributed by atoms with Gasteiger partial charge < -0.3 is 9.47 Å². The van der Waals surface area contributed by atoms with E-state index in [0.717, 1.165) is 10.9 Å². The molecule has 6 nitrogen and oxygen atoms in total. The first-order valence-corrected chi connectivity index (χ1v) is 7.94. The zero-order valence-electron chi connectivity index (χ0n) is 12.5. The average molecular weight is 371 g/mol. The first kappa shape index (κ1) is 16.8. The molecule has 0 saturated carbocycles. The van der Waals surface area contributed by atoms with Gasteiger partial charge in [-0.15, -0.1) is 0 Å². The van der Waals surface area contributed by atoms with Crippen molar-refractivity contribution < 1.29 is 19.1 Å². The van der Waals surface area contributed by atoms with Gasteiger partial charge in [-0.3, -0.25) is 20.4 Å². The summed E-state index contributed by atoms with van der Waals surface area (Å²) in [7, 11) is 0. The summed E-state index contributed by atoms with van der Waals surface area (Å²) < 4.78 is 11.7. The molecule has 1 aromatic carbocycles. The van der Waals surface area contributed by atoms with Crippen molar-refractivity contribution in [3.8, 4) is 5.75 Å². The Bertz CT molecular complexity index is 556. The molecule has 2 amide bonds. The number of nitrogens with one attached hydrogen (secondary N) is 2. The Morgan fingerprint density at radius 2 is 2.14 bits per heavy atom. The van der Waals surface area contributed by atoms with E-state index in [9.17, 15) is 9.59 Å². The van der Waals surface area contributed by atoms with E-state index in [0.29, 0.717) is 24.3 Å². The van der Waals surface area contributed by atoms with Gasteiger partial charge in [-0.1, -0.05) is 15.9 Å². The average Bonchev–Trinajstić information content (AvgIpc) is 2.98. The van der Waals surface area contributed by atoms with Crippen LogP contribution in [0.4, 0.5) is 0 Å². The Balaban J connectivity index is 2.00. The van der Waals surface area contributed by atoms with Gasteiger partial charge in [-0.05, 0) is 44.9 Å². The van der Waals surface area contributed by atoms with Gasteiger partial charge in [-0.2, -0.15) is 0 Å². The van der Waals surface area contributed by atoms with Crippen LogP contribution < -0.4 is 15.6 Å². The van der Waals surface area contributed by atoms with Crippen molar-refractivity contribution >= 4 is 27.7 Å². The topological polar surface area (TPSA) is 76.7 Å². The second-order valence-electron chi connectivity index (χ2n) is 5.25. The van der Waals surface area contributed by atoms with Crippen molar-refractivity contribution in [3.63, 3.8) is 0 Å². The van der Waals surface area contributed by atoms with E-state index in [1.807, 2.05) is 13.8 Å². The number of hydrogen-bond donors (Lipinski definition) is 2. The van der Waals surface area contributed by atoms with Crippen LogP contribution in [0.2, 0.25) is 0 Å². The molecular formula is C15H19BrN2O4. The van der Waals surface area contributed by atoms with E-state index in [2.05, 4.69) is 26.8 Å². The minimum Gasteiger partial charge on any atom is -0.490 e. The Morgan fingerprint density at radius 3 is 2.77 bits per heavy atom. The molecule has 1 saturated heterocycles. The quantitative estimate of drug-likeness (QED) is 0.796. The summed E-state index contributed by atoms with van der Waals surface area (Å²) in [6.07, 6.45) is 0.964. The molecule has 0 aliphatic carbocycles. The maximum Gasteiger partial charge on any atom is 0.273 e. The summed E-state index contributed by atoms with van der Waals surface area (Å²) in [6, 6.07) is 5.09. The molecular weight excluding hydrogens is 352 g/mol. The summed E-state index contributed by atoms with van der Waals surface area (Å²) in [5.74, 6) is -0.322. The van der Waals surface area contributed by atoms with Gasteiger partial charge in [0.2, 0.25) is 0 Å². The Kier molecular flexibility index (Phi) is 5.79. The van der Waals surface area contributed by atoms with Crippen LogP contribution in [0.5, 0.6) is 5.75 Å². The zero-order chi connectivity index (χ0) is 16.1. The molecule has 1 fully saturated rings. The number of amides is 2. The number of halogens is 1. The van der Waals surface area contributed by atoms with E-state index in [1.165, 1.54) is 0 Å². The lowest BCUT2D eigenvalue weighted by molar-refractivity contribution is -0.130. The summed E-state index contributed by atoms with van der Waals surface area (Å²) in [5, 5.41) is 0. The second kappa shape index (κ2) is 7.60. The molecule has 2 N–H and O–H groups in total. The van der Waals surface area contributed by atoms with E-state index < -0.39 is 12.0 Å². The summed E-state index contributed by atoms with van der Waals surface area (Å²) in [6.45, 7) is 4.33. The van der Waals surface area contributed by atoms with Gasteiger partial charge in [0.1, 0.15) is 11.9 Å². The van der Waals surface area contributed by atoms with Crippen LogP contribution in [0.15, 0.2) is 22.7 Å². The number of hydrazine groups is 1. The lowest BCUT2D eigenvalue weighted by Gasteiger charge is -2.15. The summed E-state index contributed by atoms with van der Waals surface area (Å²) in [4.78, 5) is 24.0. The highest BCUT2D eigenvalue weighted by Gasteiger charge is 2.24. The lowest BCUT2D eigenvalue weighted by atomic mass is 10.2. The molecule has 1 aromatic rings. The summed E-state index contributed by atoms with van der Waals surface area (Å²) >= 11 is 3.34. The Labute approximate surface area is 137 Å². The van der Waals surface area contributed by atoms with Gasteiger partial charge in [0.25, 0.3) is 11.8 Å². The molecule has 1 unspecified atom stereocenters.